The number of thiophene rings is 1. The lowest BCUT2D eigenvalue weighted by Crippen LogP contribution is -1.97. The van der Waals surface area contributed by atoms with Crippen molar-refractivity contribution in [3.8, 4) is 33.0 Å². The van der Waals surface area contributed by atoms with Gasteiger partial charge in [0.05, 0.1) is 36.1 Å². The van der Waals surface area contributed by atoms with E-state index >= 15 is 0 Å². The minimum atomic E-state index is 1.01. The van der Waals surface area contributed by atoms with Crippen LogP contribution in [0.3, 0.4) is 0 Å². The minimum Gasteiger partial charge on any atom is -0.241 e. The Bertz CT molecular complexity index is 3580. The molecule has 0 atom stereocenters. The van der Waals surface area contributed by atoms with Gasteiger partial charge in [0.1, 0.15) is 0 Å². The maximum atomic E-state index is 5.11. The van der Waals surface area contributed by atoms with Gasteiger partial charge in [-0.05, 0) is 153 Å². The molecule has 302 valence electrons. The summed E-state index contributed by atoms with van der Waals surface area (Å²) in [6, 6.07) is 24.7. The van der Waals surface area contributed by atoms with Crippen LogP contribution >= 0.6 is 45.8 Å². The number of allylic oxidation sites excluding steroid dienone is 14. The van der Waals surface area contributed by atoms with Gasteiger partial charge in [0.25, 0.3) is 0 Å². The molecule has 6 heteroatoms. The number of thioether (sulfide) groups is 1. The van der Waals surface area contributed by atoms with Crippen LogP contribution in [0, 0.1) is 34.6 Å². The standard InChI is InChI=1S/C57H40N2S4/c1-32-23-40(27-42-31-50(32)62-53-34(3)25-43(29-47(42)53)51-56(60-36(5)58-51)39-19-13-9-14-20-39)45-21-15-10-16-22-46(45)41-24-33(2)54-48(28-41)49-30-44(26-35(4)55(49)63-54)52-57(61-37(6)59-52)38-17-11-7-8-12-18-38/h7-17,19-20,22-30H,1-6H3. The number of nitrogens with zero attached hydrogens (tertiary/aromatic N) is 2. The Kier molecular flexibility index (Phi) is 9.92. The third kappa shape index (κ3) is 7.08. The molecule has 4 heterocycles. The molecule has 2 bridgehead atoms. The number of aromatic nitrogens is 2. The molecule has 1 aliphatic heterocycles. The summed E-state index contributed by atoms with van der Waals surface area (Å²) in [7, 11) is 0. The Morgan fingerprint density at radius 3 is 2.02 bits per heavy atom. The fourth-order valence-electron chi connectivity index (χ4n) is 8.90. The zero-order valence-electron chi connectivity index (χ0n) is 35.7. The molecule has 0 N–H and O–H groups in total. The number of fused-ring (bicyclic) bond motifs is 5. The Balaban J connectivity index is 1.02. The predicted octanol–water partition coefficient (Wildman–Crippen LogP) is 16.8. The summed E-state index contributed by atoms with van der Waals surface area (Å²) in [5.74, 6) is 0. The SMILES string of the molecule is CC1=CC(C2=C=CC=CC=C2c2cc(C)c3sc4c(C)cc(-c5nc(C)sc5C5=C=CC=CC=C5)cc4c3c2)=CC2=C=C1Sc1c(C)cc(-c3nc(C)sc3-c3ccccc3)cc12. The van der Waals surface area contributed by atoms with Crippen LogP contribution < -0.4 is 0 Å². The highest BCUT2D eigenvalue weighted by Gasteiger charge is 2.26. The van der Waals surface area contributed by atoms with E-state index in [0.29, 0.717) is 0 Å². The second kappa shape index (κ2) is 15.8. The lowest BCUT2D eigenvalue weighted by Gasteiger charge is -2.19. The smallest absolute Gasteiger partial charge is 0.0908 e. The van der Waals surface area contributed by atoms with Crippen molar-refractivity contribution in [3.05, 3.63) is 215 Å². The van der Waals surface area contributed by atoms with Crippen molar-refractivity contribution in [2.24, 2.45) is 0 Å². The Morgan fingerprint density at radius 2 is 1.22 bits per heavy atom. The van der Waals surface area contributed by atoms with Gasteiger partial charge in [-0.1, -0.05) is 84.3 Å². The molecule has 0 radical (unpaired) electrons. The van der Waals surface area contributed by atoms with Crippen molar-refractivity contribution in [1.29, 1.82) is 0 Å². The van der Waals surface area contributed by atoms with Crippen molar-refractivity contribution < 1.29 is 0 Å². The second-order valence-electron chi connectivity index (χ2n) is 16.3. The molecule has 0 saturated carbocycles. The molecule has 63 heavy (non-hydrogen) atoms. The highest BCUT2D eigenvalue weighted by molar-refractivity contribution is 8.03. The normalized spacial score (nSPS) is 15.3. The van der Waals surface area contributed by atoms with Gasteiger partial charge >= 0.3 is 0 Å². The van der Waals surface area contributed by atoms with E-state index < -0.39 is 0 Å². The quantitative estimate of drug-likeness (QED) is 0.156. The van der Waals surface area contributed by atoms with Crippen molar-refractivity contribution in [2.45, 2.75) is 46.4 Å². The van der Waals surface area contributed by atoms with Gasteiger partial charge in [-0.2, -0.15) is 0 Å². The first-order valence-electron chi connectivity index (χ1n) is 21.0. The van der Waals surface area contributed by atoms with Gasteiger partial charge in [0.15, 0.2) is 0 Å². The van der Waals surface area contributed by atoms with Crippen molar-refractivity contribution >= 4 is 82.7 Å². The maximum Gasteiger partial charge on any atom is 0.0908 e. The Hall–Kier alpha value is -6.29. The lowest BCUT2D eigenvalue weighted by atomic mass is 9.88. The fourth-order valence-corrected chi connectivity index (χ4v) is 13.1. The van der Waals surface area contributed by atoms with E-state index in [2.05, 4.69) is 168 Å². The molecule has 3 aliphatic carbocycles. The van der Waals surface area contributed by atoms with Gasteiger partial charge in [-0.25, -0.2) is 9.97 Å². The molecule has 7 aromatic rings. The average molecular weight is 881 g/mol. The number of rotatable bonds is 6. The molecule has 4 aliphatic rings. The molecule has 11 rings (SSSR count). The third-order valence-electron chi connectivity index (χ3n) is 11.8. The van der Waals surface area contributed by atoms with Crippen molar-refractivity contribution in [3.63, 3.8) is 0 Å². The Morgan fingerprint density at radius 1 is 0.556 bits per heavy atom. The second-order valence-corrected chi connectivity index (χ2v) is 20.8. The molecule has 0 fully saturated rings. The zero-order chi connectivity index (χ0) is 42.9. The van der Waals surface area contributed by atoms with Crippen LogP contribution in [0.2, 0.25) is 0 Å². The van der Waals surface area contributed by atoms with Crippen molar-refractivity contribution in [2.75, 3.05) is 0 Å². The van der Waals surface area contributed by atoms with Crippen LogP contribution in [0.1, 0.15) is 49.6 Å². The first kappa shape index (κ1) is 39.5. The summed E-state index contributed by atoms with van der Waals surface area (Å²) in [6.45, 7) is 13.1. The number of aryl methyl sites for hydroxylation is 5. The molecule has 3 aromatic heterocycles. The topological polar surface area (TPSA) is 25.8 Å². The van der Waals surface area contributed by atoms with Crippen LogP contribution in [0.15, 0.2) is 177 Å². The van der Waals surface area contributed by atoms with E-state index in [0.717, 1.165) is 70.2 Å². The first-order chi connectivity index (χ1) is 30.7. The summed E-state index contributed by atoms with van der Waals surface area (Å²) in [6.07, 6.45) is 23.4. The maximum absolute atomic E-state index is 5.11. The van der Waals surface area contributed by atoms with Crippen LogP contribution in [0.4, 0.5) is 0 Å². The molecule has 4 aromatic carbocycles. The lowest BCUT2D eigenvalue weighted by molar-refractivity contribution is 1.25. The minimum absolute atomic E-state index is 1.01. The monoisotopic (exact) mass is 880 g/mol. The van der Waals surface area contributed by atoms with Gasteiger partial charge in [0, 0.05) is 58.5 Å². The van der Waals surface area contributed by atoms with Crippen molar-refractivity contribution in [1.82, 2.24) is 9.97 Å². The van der Waals surface area contributed by atoms with Crippen LogP contribution in [-0.2, 0) is 0 Å². The largest absolute Gasteiger partial charge is 0.241 e. The summed E-state index contributed by atoms with van der Waals surface area (Å²) in [5.41, 5.74) is 29.4. The summed E-state index contributed by atoms with van der Waals surface area (Å²) < 4.78 is 2.63. The van der Waals surface area contributed by atoms with E-state index in [1.54, 1.807) is 22.7 Å². The van der Waals surface area contributed by atoms with E-state index in [1.807, 2.05) is 47.4 Å². The molecule has 2 nitrogen and oxygen atoms in total. The van der Waals surface area contributed by atoms with Gasteiger partial charge in [0.2, 0.25) is 0 Å². The Labute approximate surface area is 384 Å². The predicted molar refractivity (Wildman–Crippen MR) is 274 cm³/mol. The van der Waals surface area contributed by atoms with E-state index in [1.165, 1.54) is 68.9 Å². The van der Waals surface area contributed by atoms with E-state index in [-0.39, 0.29) is 0 Å². The van der Waals surface area contributed by atoms with Gasteiger partial charge in [-0.15, -0.1) is 45.5 Å². The number of benzene rings is 4. The molecule has 0 unspecified atom stereocenters. The zero-order valence-corrected chi connectivity index (χ0v) is 39.0. The average Bonchev–Trinajstić information content (AvgIpc) is 3.78. The molecular weight excluding hydrogens is 841 g/mol. The highest BCUT2D eigenvalue weighted by atomic mass is 32.2. The summed E-state index contributed by atoms with van der Waals surface area (Å²) in [5, 5.41) is 4.64. The molecule has 0 saturated heterocycles. The fraction of sp³-hybridized carbons (Fsp3) is 0.105. The van der Waals surface area contributed by atoms with Gasteiger partial charge in [-0.3, -0.25) is 0 Å². The number of hydrogen-bond acceptors (Lipinski definition) is 6. The van der Waals surface area contributed by atoms with E-state index in [9.17, 15) is 0 Å². The number of hydrogen-bond donors (Lipinski definition) is 0. The van der Waals surface area contributed by atoms with Crippen LogP contribution in [0.5, 0.6) is 0 Å². The van der Waals surface area contributed by atoms with Crippen LogP contribution in [-0.4, -0.2) is 9.97 Å². The number of thiazole rings is 2. The molecular formula is C57H40N2S4. The highest BCUT2D eigenvalue weighted by Crippen LogP contribution is 2.49. The van der Waals surface area contributed by atoms with Gasteiger partial charge < -0.3 is 0 Å². The molecule has 0 amide bonds. The van der Waals surface area contributed by atoms with E-state index in [4.69, 9.17) is 9.97 Å². The summed E-state index contributed by atoms with van der Waals surface area (Å²) in [4.78, 5) is 15.0. The third-order valence-corrected chi connectivity index (χ3v) is 16.7. The first-order valence-corrected chi connectivity index (χ1v) is 24.3. The summed E-state index contributed by atoms with van der Waals surface area (Å²) >= 11 is 7.20. The van der Waals surface area contributed by atoms with Crippen LogP contribution in [0.25, 0.3) is 69.8 Å². The molecule has 0 spiro atoms.